The SMILES string of the molecule is CC/C=C(C)/C=C(/CCCC1CC1)c1c(CCC)nc(=O)[nH]c1C.CCCCC(C)F. The molecule has 0 aromatic carbocycles. The average Bonchev–Trinajstić information content (AvgIpc) is 3.51. The van der Waals surface area contributed by atoms with Gasteiger partial charge in [-0.1, -0.05) is 77.0 Å². The van der Waals surface area contributed by atoms with Crippen molar-refractivity contribution < 1.29 is 4.39 Å². The Morgan fingerprint density at radius 3 is 2.45 bits per heavy atom. The molecule has 0 radical (unpaired) electrons. The Labute approximate surface area is 189 Å². The molecule has 0 spiro atoms. The van der Waals surface area contributed by atoms with Crippen LogP contribution in [0.4, 0.5) is 4.39 Å². The van der Waals surface area contributed by atoms with E-state index >= 15 is 0 Å². The fourth-order valence-electron chi connectivity index (χ4n) is 3.89. The van der Waals surface area contributed by atoms with Gasteiger partial charge in [-0.3, -0.25) is 0 Å². The summed E-state index contributed by atoms with van der Waals surface area (Å²) in [5.74, 6) is 0.962. The Hall–Kier alpha value is -1.71. The quantitative estimate of drug-likeness (QED) is 0.341. The molecule has 31 heavy (non-hydrogen) atoms. The number of aromatic amines is 1. The summed E-state index contributed by atoms with van der Waals surface area (Å²) in [4.78, 5) is 19.0. The first-order valence-corrected chi connectivity index (χ1v) is 12.4. The van der Waals surface area contributed by atoms with E-state index in [2.05, 4.69) is 49.8 Å². The normalized spacial score (nSPS) is 15.5. The summed E-state index contributed by atoms with van der Waals surface area (Å²) in [5, 5.41) is 0. The first-order valence-electron chi connectivity index (χ1n) is 12.4. The highest BCUT2D eigenvalue weighted by Gasteiger charge is 2.21. The van der Waals surface area contributed by atoms with Crippen molar-refractivity contribution in [3.8, 4) is 0 Å². The van der Waals surface area contributed by atoms with E-state index in [4.69, 9.17) is 0 Å². The molecule has 0 saturated heterocycles. The highest BCUT2D eigenvalue weighted by atomic mass is 19.1. The van der Waals surface area contributed by atoms with E-state index in [0.717, 1.165) is 62.3 Å². The summed E-state index contributed by atoms with van der Waals surface area (Å²) in [7, 11) is 0. The number of alkyl halides is 1. The zero-order valence-electron chi connectivity index (χ0n) is 20.8. The van der Waals surface area contributed by atoms with Gasteiger partial charge in [-0.15, -0.1) is 0 Å². The van der Waals surface area contributed by atoms with Crippen LogP contribution in [0.3, 0.4) is 0 Å². The lowest BCUT2D eigenvalue weighted by atomic mass is 9.93. The standard InChI is InChI=1S/C21H32N2O.C6H13F/c1-5-8-15(3)14-18(11-7-10-17-12-13-17)20-16(4)22-21(24)23-19(20)9-6-2;1-3-4-5-6(2)7/h8,14,17H,5-7,9-13H2,1-4H3,(H,22,23,24);6H,3-5H2,1-2H3/b15-8+,18-14-;. The van der Waals surface area contributed by atoms with Crippen molar-refractivity contribution in [1.82, 2.24) is 9.97 Å². The number of nitrogens with one attached hydrogen (secondary N) is 1. The number of aryl methyl sites for hydroxylation is 2. The fraction of sp³-hybridized carbons (Fsp3) is 0.704. The zero-order valence-corrected chi connectivity index (χ0v) is 20.8. The lowest BCUT2D eigenvalue weighted by Gasteiger charge is -2.15. The molecule has 1 saturated carbocycles. The fourth-order valence-corrected chi connectivity index (χ4v) is 3.89. The maximum Gasteiger partial charge on any atom is 0.345 e. The molecule has 1 aliphatic carbocycles. The van der Waals surface area contributed by atoms with Crippen molar-refractivity contribution in [1.29, 1.82) is 0 Å². The molecule has 4 heteroatoms. The van der Waals surface area contributed by atoms with Crippen molar-refractivity contribution in [3.05, 3.63) is 45.2 Å². The number of hydrogen-bond donors (Lipinski definition) is 1. The average molecular weight is 433 g/mol. The number of unbranched alkanes of at least 4 members (excludes halogenated alkanes) is 1. The molecule has 176 valence electrons. The topological polar surface area (TPSA) is 45.8 Å². The monoisotopic (exact) mass is 432 g/mol. The van der Waals surface area contributed by atoms with E-state index in [1.165, 1.54) is 42.4 Å². The van der Waals surface area contributed by atoms with Crippen molar-refractivity contribution in [3.63, 3.8) is 0 Å². The van der Waals surface area contributed by atoms with Crippen molar-refractivity contribution in [2.75, 3.05) is 0 Å². The van der Waals surface area contributed by atoms with Gasteiger partial charge in [0, 0.05) is 11.3 Å². The van der Waals surface area contributed by atoms with Crippen molar-refractivity contribution in [2.45, 2.75) is 118 Å². The third kappa shape index (κ3) is 11.5. The maximum absolute atomic E-state index is 11.9. The smallest absolute Gasteiger partial charge is 0.309 e. The number of rotatable bonds is 12. The van der Waals surface area contributed by atoms with Gasteiger partial charge in [0.25, 0.3) is 0 Å². The van der Waals surface area contributed by atoms with Crippen LogP contribution < -0.4 is 5.69 Å². The second kappa shape index (κ2) is 15.2. The van der Waals surface area contributed by atoms with Gasteiger partial charge in [0.2, 0.25) is 0 Å². The lowest BCUT2D eigenvalue weighted by molar-refractivity contribution is 0.333. The summed E-state index contributed by atoms with van der Waals surface area (Å²) in [6.45, 7) is 12.2. The third-order valence-corrected chi connectivity index (χ3v) is 5.64. The van der Waals surface area contributed by atoms with Crippen LogP contribution in [0.5, 0.6) is 0 Å². The molecule has 1 aromatic heterocycles. The van der Waals surface area contributed by atoms with Gasteiger partial charge in [-0.2, -0.15) is 4.98 Å². The molecule has 1 N–H and O–H groups in total. The van der Waals surface area contributed by atoms with Crippen molar-refractivity contribution in [2.24, 2.45) is 5.92 Å². The molecular formula is C27H45FN2O. The van der Waals surface area contributed by atoms with E-state index in [0.29, 0.717) is 0 Å². The zero-order chi connectivity index (χ0) is 23.2. The second-order valence-electron chi connectivity index (χ2n) is 9.02. The molecule has 2 rings (SSSR count). The second-order valence-corrected chi connectivity index (χ2v) is 9.02. The third-order valence-electron chi connectivity index (χ3n) is 5.64. The molecule has 1 aliphatic rings. The minimum Gasteiger partial charge on any atom is -0.309 e. The molecule has 1 fully saturated rings. The lowest BCUT2D eigenvalue weighted by Crippen LogP contribution is -2.17. The summed E-state index contributed by atoms with van der Waals surface area (Å²) >= 11 is 0. The van der Waals surface area contributed by atoms with Gasteiger partial charge in [0.05, 0.1) is 11.9 Å². The molecular weight excluding hydrogens is 387 g/mol. The first-order chi connectivity index (χ1) is 14.8. The van der Waals surface area contributed by atoms with Crippen LogP contribution in [0, 0.1) is 12.8 Å². The molecule has 1 atom stereocenters. The predicted molar refractivity (Wildman–Crippen MR) is 132 cm³/mol. The van der Waals surface area contributed by atoms with Gasteiger partial charge in [-0.25, -0.2) is 9.18 Å². The molecule has 0 bridgehead atoms. The molecule has 0 aliphatic heterocycles. The van der Waals surface area contributed by atoms with Gasteiger partial charge >= 0.3 is 5.69 Å². The van der Waals surface area contributed by atoms with E-state index in [1.807, 2.05) is 6.92 Å². The number of allylic oxidation sites excluding steroid dienone is 4. The summed E-state index contributed by atoms with van der Waals surface area (Å²) in [6, 6.07) is 0. The Morgan fingerprint density at radius 1 is 1.23 bits per heavy atom. The number of H-pyrrole nitrogens is 1. The minimum atomic E-state index is -0.597. The highest BCUT2D eigenvalue weighted by Crippen LogP contribution is 2.36. The molecule has 1 unspecified atom stereocenters. The Bertz CT molecular complexity index is 757. The Balaban J connectivity index is 0.000000592. The van der Waals surface area contributed by atoms with Crippen LogP contribution in [0.2, 0.25) is 0 Å². The van der Waals surface area contributed by atoms with E-state index in [1.54, 1.807) is 6.92 Å². The van der Waals surface area contributed by atoms with Crippen LogP contribution in [-0.2, 0) is 6.42 Å². The van der Waals surface area contributed by atoms with E-state index < -0.39 is 6.17 Å². The minimum absolute atomic E-state index is 0.224. The van der Waals surface area contributed by atoms with Gasteiger partial charge in [0.15, 0.2) is 0 Å². The number of nitrogens with zero attached hydrogens (tertiary/aromatic N) is 1. The molecule has 1 heterocycles. The first kappa shape index (κ1) is 27.3. The van der Waals surface area contributed by atoms with Crippen molar-refractivity contribution >= 4 is 5.57 Å². The van der Waals surface area contributed by atoms with Gasteiger partial charge < -0.3 is 4.98 Å². The predicted octanol–water partition coefficient (Wildman–Crippen LogP) is 7.89. The summed E-state index contributed by atoms with van der Waals surface area (Å²) in [5.41, 5.74) is 5.50. The highest BCUT2D eigenvalue weighted by molar-refractivity contribution is 5.71. The van der Waals surface area contributed by atoms with E-state index in [9.17, 15) is 9.18 Å². The largest absolute Gasteiger partial charge is 0.345 e. The molecule has 1 aromatic rings. The van der Waals surface area contributed by atoms with Crippen LogP contribution in [0.25, 0.3) is 5.57 Å². The number of hydrogen-bond acceptors (Lipinski definition) is 2. The summed E-state index contributed by atoms with van der Waals surface area (Å²) < 4.78 is 11.9. The van der Waals surface area contributed by atoms with Crippen LogP contribution in [0.15, 0.2) is 22.5 Å². The molecule has 3 nitrogen and oxygen atoms in total. The van der Waals surface area contributed by atoms with Gasteiger partial charge in [0.1, 0.15) is 0 Å². The Kier molecular flexibility index (Phi) is 13.4. The van der Waals surface area contributed by atoms with Crippen LogP contribution in [-0.4, -0.2) is 16.1 Å². The van der Waals surface area contributed by atoms with Gasteiger partial charge in [-0.05, 0) is 64.4 Å². The number of halogens is 1. The molecule has 0 amide bonds. The van der Waals surface area contributed by atoms with E-state index in [-0.39, 0.29) is 5.69 Å². The number of aromatic nitrogens is 2. The maximum atomic E-state index is 11.9. The summed E-state index contributed by atoms with van der Waals surface area (Å²) in [6.07, 6.45) is 16.2. The van der Waals surface area contributed by atoms with Crippen LogP contribution in [0.1, 0.15) is 116 Å². The van der Waals surface area contributed by atoms with Crippen LogP contribution >= 0.6 is 0 Å². The Morgan fingerprint density at radius 2 is 1.94 bits per heavy atom.